The molecule has 1 aromatic heterocycles. The number of aryl methyl sites for hydroxylation is 1. The van der Waals surface area contributed by atoms with Crippen molar-refractivity contribution >= 4 is 17.6 Å². The average Bonchev–Trinajstić information content (AvgIpc) is 3.05. The van der Waals surface area contributed by atoms with Crippen LogP contribution >= 0.6 is 0 Å². The summed E-state index contributed by atoms with van der Waals surface area (Å²) in [4.78, 5) is 21.3. The van der Waals surface area contributed by atoms with E-state index in [0.717, 1.165) is 44.1 Å². The van der Waals surface area contributed by atoms with Gasteiger partial charge in [0.15, 0.2) is 5.96 Å². The molecule has 7 heteroatoms. The number of carbonyl (C=O) groups excluding carboxylic acids is 1. The van der Waals surface area contributed by atoms with Crippen molar-refractivity contribution in [2.45, 2.75) is 26.2 Å². The number of allylic oxidation sites excluding steroid dienone is 2. The van der Waals surface area contributed by atoms with Crippen molar-refractivity contribution in [3.05, 3.63) is 24.5 Å². The molecule has 136 valence electrons. The lowest BCUT2D eigenvalue weighted by Gasteiger charge is -2.35. The lowest BCUT2D eigenvalue weighted by Crippen LogP contribution is -2.55. The highest BCUT2D eigenvalue weighted by Crippen LogP contribution is 2.19. The minimum atomic E-state index is 0.0884. The second kappa shape index (κ2) is 8.18. The second-order valence-electron chi connectivity index (χ2n) is 6.68. The van der Waals surface area contributed by atoms with E-state index in [1.54, 1.807) is 15.8 Å². The summed E-state index contributed by atoms with van der Waals surface area (Å²) >= 11 is 0. The molecule has 1 aromatic rings. The van der Waals surface area contributed by atoms with Gasteiger partial charge >= 0.3 is 0 Å². The van der Waals surface area contributed by atoms with Crippen LogP contribution in [0.5, 0.6) is 0 Å². The van der Waals surface area contributed by atoms with Crippen LogP contribution in [0, 0.1) is 5.92 Å². The molecule has 0 saturated carbocycles. The molecule has 0 bridgehead atoms. The van der Waals surface area contributed by atoms with Crippen LogP contribution in [-0.2, 0) is 11.8 Å². The zero-order valence-electron chi connectivity index (χ0n) is 15.2. The zero-order chi connectivity index (χ0) is 17.6. The summed E-state index contributed by atoms with van der Waals surface area (Å²) < 4.78 is 1.72. The Morgan fingerprint density at radius 3 is 2.92 bits per heavy atom. The van der Waals surface area contributed by atoms with E-state index in [9.17, 15) is 4.79 Å². The first-order chi connectivity index (χ1) is 12.2. The summed E-state index contributed by atoms with van der Waals surface area (Å²) in [5.74, 6) is 1.56. The third-order valence-corrected chi connectivity index (χ3v) is 4.73. The molecule has 2 aliphatic rings. The van der Waals surface area contributed by atoms with Crippen molar-refractivity contribution in [1.82, 2.24) is 20.0 Å². The quantitative estimate of drug-likeness (QED) is 0.509. The second-order valence-corrected chi connectivity index (χ2v) is 6.68. The molecule has 7 nitrogen and oxygen atoms in total. The van der Waals surface area contributed by atoms with E-state index >= 15 is 0 Å². The molecule has 1 fully saturated rings. The number of guanidine groups is 1. The fraction of sp³-hybridized carbons (Fsp3) is 0.611. The van der Waals surface area contributed by atoms with Crippen LogP contribution < -0.4 is 10.2 Å². The number of anilines is 1. The number of rotatable bonds is 4. The number of carbonyl (C=O) groups is 1. The van der Waals surface area contributed by atoms with Crippen LogP contribution in [0.25, 0.3) is 0 Å². The average molecular weight is 344 g/mol. The summed E-state index contributed by atoms with van der Waals surface area (Å²) in [6, 6.07) is 0. The summed E-state index contributed by atoms with van der Waals surface area (Å²) in [7, 11) is 1.86. The molecule has 0 radical (unpaired) electrons. The van der Waals surface area contributed by atoms with Crippen LogP contribution in [0.3, 0.4) is 0 Å². The van der Waals surface area contributed by atoms with Gasteiger partial charge in [-0.25, -0.2) is 0 Å². The van der Waals surface area contributed by atoms with E-state index in [1.165, 1.54) is 6.42 Å². The molecular formula is C18H28N6O. The maximum atomic E-state index is 12.6. The Morgan fingerprint density at radius 2 is 2.28 bits per heavy atom. The minimum absolute atomic E-state index is 0.0884. The first-order valence-corrected chi connectivity index (χ1v) is 9.14. The number of nitrogens with zero attached hydrogens (tertiary/aromatic N) is 5. The molecule has 0 aromatic carbocycles. The van der Waals surface area contributed by atoms with Crippen LogP contribution in [-0.4, -0.2) is 59.3 Å². The topological polar surface area (TPSA) is 65.8 Å². The van der Waals surface area contributed by atoms with E-state index in [4.69, 9.17) is 4.99 Å². The van der Waals surface area contributed by atoms with Gasteiger partial charge in [0.2, 0.25) is 5.91 Å². The molecule has 25 heavy (non-hydrogen) atoms. The van der Waals surface area contributed by atoms with Crippen molar-refractivity contribution in [2.75, 3.05) is 37.6 Å². The highest BCUT2D eigenvalue weighted by molar-refractivity contribution is 5.98. The number of amides is 1. The predicted octanol–water partition coefficient (Wildman–Crippen LogP) is 1.39. The van der Waals surface area contributed by atoms with Crippen LogP contribution in [0.4, 0.5) is 5.69 Å². The molecule has 1 atom stereocenters. The van der Waals surface area contributed by atoms with Gasteiger partial charge in [0.25, 0.3) is 0 Å². The van der Waals surface area contributed by atoms with Gasteiger partial charge in [-0.05, 0) is 32.1 Å². The van der Waals surface area contributed by atoms with Crippen LogP contribution in [0.2, 0.25) is 0 Å². The van der Waals surface area contributed by atoms with Crippen LogP contribution in [0.15, 0.2) is 29.5 Å². The van der Waals surface area contributed by atoms with E-state index < -0.39 is 0 Å². The molecule has 1 aliphatic heterocycles. The molecule has 1 amide bonds. The van der Waals surface area contributed by atoms with Gasteiger partial charge in [-0.3, -0.25) is 14.5 Å². The number of piperazine rings is 1. The molecule has 0 spiro atoms. The van der Waals surface area contributed by atoms with Crippen molar-refractivity contribution < 1.29 is 4.79 Å². The summed E-state index contributed by atoms with van der Waals surface area (Å²) in [5, 5.41) is 7.50. The Balaban J connectivity index is 1.62. The molecule has 2 heterocycles. The number of aromatic nitrogens is 2. The minimum Gasteiger partial charge on any atom is -0.357 e. The fourth-order valence-electron chi connectivity index (χ4n) is 3.34. The first-order valence-electron chi connectivity index (χ1n) is 9.14. The highest BCUT2D eigenvalue weighted by atomic mass is 16.2. The highest BCUT2D eigenvalue weighted by Gasteiger charge is 2.27. The van der Waals surface area contributed by atoms with Gasteiger partial charge in [0.1, 0.15) is 6.54 Å². The lowest BCUT2D eigenvalue weighted by atomic mass is 9.95. The predicted molar refractivity (Wildman–Crippen MR) is 99.6 cm³/mol. The molecular weight excluding hydrogens is 316 g/mol. The SMILES string of the molecule is CCNC(=NCC1CC=CCC1)N1CCN(c2cnn(C)c2)C(=O)C1. The van der Waals surface area contributed by atoms with E-state index in [1.807, 2.05) is 13.2 Å². The summed E-state index contributed by atoms with van der Waals surface area (Å²) in [5.41, 5.74) is 0.864. The smallest absolute Gasteiger partial charge is 0.246 e. The van der Waals surface area contributed by atoms with E-state index in [-0.39, 0.29) is 5.91 Å². The molecule has 1 saturated heterocycles. The van der Waals surface area contributed by atoms with Crippen molar-refractivity contribution in [3.63, 3.8) is 0 Å². The van der Waals surface area contributed by atoms with E-state index in [2.05, 4.69) is 34.4 Å². The molecule has 1 aliphatic carbocycles. The largest absolute Gasteiger partial charge is 0.357 e. The van der Waals surface area contributed by atoms with Crippen molar-refractivity contribution in [3.8, 4) is 0 Å². The molecule has 3 rings (SSSR count). The Bertz CT molecular complexity index is 650. The van der Waals surface area contributed by atoms with Gasteiger partial charge in [-0.2, -0.15) is 5.10 Å². The van der Waals surface area contributed by atoms with Crippen LogP contribution in [0.1, 0.15) is 26.2 Å². The number of nitrogens with one attached hydrogen (secondary N) is 1. The first kappa shape index (κ1) is 17.5. The van der Waals surface area contributed by atoms with Crippen molar-refractivity contribution in [2.24, 2.45) is 18.0 Å². The third kappa shape index (κ3) is 4.41. The fourth-order valence-corrected chi connectivity index (χ4v) is 3.34. The normalized spacial score (nSPS) is 21.8. The summed E-state index contributed by atoms with van der Waals surface area (Å²) in [6.45, 7) is 5.47. The van der Waals surface area contributed by atoms with Gasteiger partial charge in [0.05, 0.1) is 11.9 Å². The van der Waals surface area contributed by atoms with Gasteiger partial charge in [0, 0.05) is 39.4 Å². The lowest BCUT2D eigenvalue weighted by molar-refractivity contribution is -0.120. The Kier molecular flexibility index (Phi) is 5.73. The maximum Gasteiger partial charge on any atom is 0.246 e. The zero-order valence-corrected chi connectivity index (χ0v) is 15.2. The maximum absolute atomic E-state index is 12.6. The Morgan fingerprint density at radius 1 is 1.40 bits per heavy atom. The Labute approximate surface area is 149 Å². The Hall–Kier alpha value is -2.31. The summed E-state index contributed by atoms with van der Waals surface area (Å²) in [6.07, 6.45) is 11.6. The van der Waals surface area contributed by atoms with Gasteiger partial charge < -0.3 is 15.1 Å². The van der Waals surface area contributed by atoms with Gasteiger partial charge in [-0.15, -0.1) is 0 Å². The number of hydrogen-bond acceptors (Lipinski definition) is 3. The standard InChI is InChI=1S/C18H28N6O/c1-3-19-18(20-11-15-7-5-4-6-8-15)23-9-10-24(17(25)14-23)16-12-21-22(2)13-16/h4-5,12-13,15H,3,6-11,14H2,1-2H3,(H,19,20). The third-order valence-electron chi connectivity index (χ3n) is 4.73. The van der Waals surface area contributed by atoms with Crippen molar-refractivity contribution in [1.29, 1.82) is 0 Å². The van der Waals surface area contributed by atoms with Gasteiger partial charge in [-0.1, -0.05) is 12.2 Å². The number of aliphatic imine (C=N–C) groups is 1. The van der Waals surface area contributed by atoms with E-state index in [0.29, 0.717) is 19.0 Å². The molecule has 1 N–H and O–H groups in total. The monoisotopic (exact) mass is 344 g/mol. The number of hydrogen-bond donors (Lipinski definition) is 1. The molecule has 1 unspecified atom stereocenters.